The third kappa shape index (κ3) is 2.58. The van der Waals surface area contributed by atoms with Crippen molar-refractivity contribution >= 4 is 6.09 Å². The first-order valence-electron chi connectivity index (χ1n) is 4.77. The number of carbonyl (C=O) groups excluding carboxylic acids is 1. The van der Waals surface area contributed by atoms with Gasteiger partial charge in [-0.3, -0.25) is 0 Å². The first-order chi connectivity index (χ1) is 6.82. The van der Waals surface area contributed by atoms with Crippen LogP contribution in [0.25, 0.3) is 0 Å². The molecule has 1 rings (SSSR count). The van der Waals surface area contributed by atoms with Crippen molar-refractivity contribution in [2.24, 2.45) is 5.41 Å². The maximum Gasteiger partial charge on any atom is 0.410 e. The molecule has 1 heterocycles. The van der Waals surface area contributed by atoms with Crippen LogP contribution in [0.5, 0.6) is 0 Å². The van der Waals surface area contributed by atoms with Crippen LogP contribution in [-0.4, -0.2) is 36.4 Å². The van der Waals surface area contributed by atoms with E-state index in [2.05, 4.69) is 0 Å². The maximum absolute atomic E-state index is 12.5. The summed E-state index contributed by atoms with van der Waals surface area (Å²) in [4.78, 5) is 12.8. The fourth-order valence-corrected chi connectivity index (χ4v) is 1.33. The Morgan fingerprint density at radius 1 is 1.60 bits per heavy atom. The van der Waals surface area contributed by atoms with Gasteiger partial charge in [-0.25, -0.2) is 9.18 Å². The van der Waals surface area contributed by atoms with Crippen molar-refractivity contribution in [2.45, 2.75) is 26.4 Å². The van der Waals surface area contributed by atoms with E-state index < -0.39 is 23.8 Å². The molecule has 0 radical (unpaired) electrons. The zero-order valence-corrected chi connectivity index (χ0v) is 9.21. The molecule has 0 aliphatic carbocycles. The van der Waals surface area contributed by atoms with Crippen molar-refractivity contribution < 1.29 is 13.9 Å². The number of hydrogen-bond donors (Lipinski definition) is 0. The topological polar surface area (TPSA) is 53.3 Å². The summed E-state index contributed by atoms with van der Waals surface area (Å²) in [5.74, 6) is 0. The number of nitriles is 1. The lowest BCUT2D eigenvalue weighted by Crippen LogP contribution is -2.59. The first kappa shape index (κ1) is 11.8. The Kier molecular flexibility index (Phi) is 2.89. The number of carbonyl (C=O) groups is 1. The van der Waals surface area contributed by atoms with Gasteiger partial charge in [-0.15, -0.1) is 0 Å². The van der Waals surface area contributed by atoms with Crippen LogP contribution >= 0.6 is 0 Å². The minimum absolute atomic E-state index is 0.120. The third-order valence-electron chi connectivity index (χ3n) is 2.13. The molecule has 0 N–H and O–H groups in total. The highest BCUT2D eigenvalue weighted by atomic mass is 19.1. The lowest BCUT2D eigenvalue weighted by Gasteiger charge is -2.43. The molecule has 0 saturated carbocycles. The van der Waals surface area contributed by atoms with Gasteiger partial charge in [-0.05, 0) is 20.8 Å². The van der Waals surface area contributed by atoms with E-state index in [0.717, 1.165) is 0 Å². The smallest absolute Gasteiger partial charge is 0.410 e. The number of rotatable bonds is 1. The van der Waals surface area contributed by atoms with Crippen LogP contribution in [-0.2, 0) is 4.74 Å². The van der Waals surface area contributed by atoms with Gasteiger partial charge in [-0.2, -0.15) is 5.26 Å². The van der Waals surface area contributed by atoms with Gasteiger partial charge in [0.15, 0.2) is 0 Å². The van der Waals surface area contributed by atoms with Gasteiger partial charge in [0.1, 0.15) is 17.7 Å². The summed E-state index contributed by atoms with van der Waals surface area (Å²) in [5, 5.41) is 8.70. The van der Waals surface area contributed by atoms with Crippen LogP contribution in [0.2, 0.25) is 0 Å². The van der Waals surface area contributed by atoms with Crippen LogP contribution < -0.4 is 0 Å². The quantitative estimate of drug-likeness (QED) is 0.667. The predicted molar refractivity (Wildman–Crippen MR) is 51.8 cm³/mol. The number of alkyl halides is 1. The van der Waals surface area contributed by atoms with E-state index in [9.17, 15) is 9.18 Å². The molecule has 0 unspecified atom stereocenters. The van der Waals surface area contributed by atoms with E-state index in [-0.39, 0.29) is 13.1 Å². The number of ether oxygens (including phenoxy) is 1. The maximum atomic E-state index is 12.5. The monoisotopic (exact) mass is 214 g/mol. The molecule has 1 aliphatic rings. The lowest BCUT2D eigenvalue weighted by atomic mass is 9.83. The van der Waals surface area contributed by atoms with Gasteiger partial charge in [-0.1, -0.05) is 0 Å². The van der Waals surface area contributed by atoms with E-state index in [1.807, 2.05) is 6.07 Å². The van der Waals surface area contributed by atoms with Gasteiger partial charge < -0.3 is 9.64 Å². The third-order valence-corrected chi connectivity index (χ3v) is 2.13. The number of likely N-dealkylation sites (tertiary alicyclic amines) is 1. The Bertz CT molecular complexity index is 298. The van der Waals surface area contributed by atoms with Gasteiger partial charge >= 0.3 is 6.09 Å². The molecule has 1 fully saturated rings. The normalized spacial score (nSPS) is 19.0. The average Bonchev–Trinajstić information content (AvgIpc) is 2.00. The van der Waals surface area contributed by atoms with Crippen molar-refractivity contribution in [3.8, 4) is 6.07 Å². The number of amides is 1. The molecule has 0 atom stereocenters. The largest absolute Gasteiger partial charge is 0.444 e. The molecule has 1 saturated heterocycles. The van der Waals surface area contributed by atoms with Crippen molar-refractivity contribution in [1.82, 2.24) is 4.90 Å². The Morgan fingerprint density at radius 3 is 2.47 bits per heavy atom. The van der Waals surface area contributed by atoms with Crippen LogP contribution in [0.1, 0.15) is 20.8 Å². The molecule has 0 aromatic carbocycles. The minimum atomic E-state index is -1.00. The Hall–Kier alpha value is -1.31. The molecule has 15 heavy (non-hydrogen) atoms. The van der Waals surface area contributed by atoms with E-state index in [1.54, 1.807) is 20.8 Å². The van der Waals surface area contributed by atoms with Crippen molar-refractivity contribution in [2.75, 3.05) is 19.8 Å². The number of hydrogen-bond acceptors (Lipinski definition) is 3. The summed E-state index contributed by atoms with van der Waals surface area (Å²) in [5.41, 5.74) is -1.56. The van der Waals surface area contributed by atoms with Crippen LogP contribution in [0, 0.1) is 16.7 Å². The molecule has 84 valence electrons. The summed E-state index contributed by atoms with van der Waals surface area (Å²) in [6.07, 6.45) is -0.484. The molecule has 0 spiro atoms. The van der Waals surface area contributed by atoms with Crippen molar-refractivity contribution in [3.63, 3.8) is 0 Å². The molecule has 5 heteroatoms. The average molecular weight is 214 g/mol. The van der Waals surface area contributed by atoms with Crippen LogP contribution in [0.3, 0.4) is 0 Å². The van der Waals surface area contributed by atoms with Gasteiger partial charge in [0.25, 0.3) is 0 Å². The molecular weight excluding hydrogens is 199 g/mol. The zero-order valence-electron chi connectivity index (χ0n) is 9.21. The van der Waals surface area contributed by atoms with Crippen LogP contribution in [0.15, 0.2) is 0 Å². The standard InChI is InChI=1S/C10H15FN2O2/c1-9(2,3)15-8(14)13-6-10(4-11,5-12)7-13/h4,6-7H2,1-3H3. The van der Waals surface area contributed by atoms with Gasteiger partial charge in [0.05, 0.1) is 6.07 Å². The Balaban J connectivity index is 2.46. The second-order valence-electron chi connectivity index (χ2n) is 4.86. The second kappa shape index (κ2) is 3.69. The predicted octanol–water partition coefficient (Wildman–Crippen LogP) is 1.72. The highest BCUT2D eigenvalue weighted by Crippen LogP contribution is 2.31. The van der Waals surface area contributed by atoms with E-state index in [0.29, 0.717) is 0 Å². The highest BCUT2D eigenvalue weighted by Gasteiger charge is 2.47. The molecule has 1 aliphatic heterocycles. The van der Waals surface area contributed by atoms with Crippen LogP contribution in [0.4, 0.5) is 9.18 Å². The Morgan fingerprint density at radius 2 is 2.13 bits per heavy atom. The molecule has 0 aromatic heterocycles. The van der Waals surface area contributed by atoms with Gasteiger partial charge in [0, 0.05) is 13.1 Å². The summed E-state index contributed by atoms with van der Waals surface area (Å²) in [7, 11) is 0. The van der Waals surface area contributed by atoms with E-state index in [4.69, 9.17) is 10.00 Å². The molecular formula is C10H15FN2O2. The van der Waals surface area contributed by atoms with E-state index in [1.165, 1.54) is 4.90 Å². The highest BCUT2D eigenvalue weighted by molar-refractivity contribution is 5.69. The van der Waals surface area contributed by atoms with Crippen molar-refractivity contribution in [1.29, 1.82) is 5.26 Å². The molecule has 4 nitrogen and oxygen atoms in total. The fraction of sp³-hybridized carbons (Fsp3) is 0.800. The minimum Gasteiger partial charge on any atom is -0.444 e. The summed E-state index contributed by atoms with van der Waals surface area (Å²) >= 11 is 0. The Labute approximate surface area is 88.6 Å². The van der Waals surface area contributed by atoms with Gasteiger partial charge in [0.2, 0.25) is 0 Å². The second-order valence-corrected chi connectivity index (χ2v) is 4.86. The van der Waals surface area contributed by atoms with E-state index >= 15 is 0 Å². The number of nitrogens with zero attached hydrogens (tertiary/aromatic N) is 2. The summed E-state index contributed by atoms with van der Waals surface area (Å²) < 4.78 is 17.5. The molecule has 0 bridgehead atoms. The summed E-state index contributed by atoms with van der Waals surface area (Å²) in [6.45, 7) is 4.80. The fourth-order valence-electron chi connectivity index (χ4n) is 1.33. The number of halogens is 1. The lowest BCUT2D eigenvalue weighted by molar-refractivity contribution is -0.0220. The zero-order chi connectivity index (χ0) is 11.7. The first-order valence-corrected chi connectivity index (χ1v) is 4.77. The SMILES string of the molecule is CC(C)(C)OC(=O)N1CC(C#N)(CF)C1. The molecule has 0 aromatic rings. The molecule has 1 amide bonds. The van der Waals surface area contributed by atoms with Crippen molar-refractivity contribution in [3.05, 3.63) is 0 Å². The summed E-state index contributed by atoms with van der Waals surface area (Å²) in [6, 6.07) is 1.89.